The fraction of sp³-hybridized carbons (Fsp3) is 0.250. The van der Waals surface area contributed by atoms with Gasteiger partial charge in [0.25, 0.3) is 0 Å². The lowest BCUT2D eigenvalue weighted by Crippen LogP contribution is -2.00. The molecule has 2 nitrogen and oxygen atoms in total. The summed E-state index contributed by atoms with van der Waals surface area (Å²) in [4.78, 5) is -0.125. The molecule has 0 spiro atoms. The molecule has 2 rings (SSSR count). The molecule has 0 saturated carbocycles. The minimum absolute atomic E-state index is 0.125. The molecule has 5 heteroatoms. The average Bonchev–Trinajstić information content (AvgIpc) is 2.49. The van der Waals surface area contributed by atoms with Gasteiger partial charge in [-0.25, -0.2) is 4.39 Å². The molecule has 0 fully saturated rings. The molecule has 0 N–H and O–H groups in total. The second kappa shape index (κ2) is 6.79. The minimum atomic E-state index is -0.282. The quantitative estimate of drug-likeness (QED) is 0.620. The van der Waals surface area contributed by atoms with Crippen LogP contribution in [0.2, 0.25) is 0 Å². The fourth-order valence-corrected chi connectivity index (χ4v) is 3.14. The van der Waals surface area contributed by atoms with Gasteiger partial charge in [-0.3, -0.25) is 0 Å². The first-order chi connectivity index (χ1) is 9.97. The molecule has 0 bridgehead atoms. The maximum absolute atomic E-state index is 13.7. The number of hydrogen-bond acceptors (Lipinski definition) is 2. The van der Waals surface area contributed by atoms with Gasteiger partial charge in [-0.05, 0) is 63.8 Å². The van der Waals surface area contributed by atoms with E-state index in [2.05, 4.69) is 31.9 Å². The first kappa shape index (κ1) is 16.3. The molecule has 1 atom stereocenters. The van der Waals surface area contributed by atoms with Crippen molar-refractivity contribution in [2.24, 2.45) is 0 Å². The predicted octanol–water partition coefficient (Wildman–Crippen LogP) is 5.40. The van der Waals surface area contributed by atoms with Crippen LogP contribution < -0.4 is 9.47 Å². The van der Waals surface area contributed by atoms with Crippen molar-refractivity contribution < 1.29 is 13.9 Å². The number of benzene rings is 2. The van der Waals surface area contributed by atoms with E-state index in [0.29, 0.717) is 16.0 Å². The first-order valence-corrected chi connectivity index (χ1v) is 8.00. The van der Waals surface area contributed by atoms with Crippen molar-refractivity contribution in [2.75, 3.05) is 14.2 Å². The van der Waals surface area contributed by atoms with Crippen LogP contribution in [0.1, 0.15) is 21.5 Å². The summed E-state index contributed by atoms with van der Waals surface area (Å²) in [6.45, 7) is 1.99. The summed E-state index contributed by atoms with van der Waals surface area (Å²) in [6.07, 6.45) is 0. The van der Waals surface area contributed by atoms with Crippen LogP contribution in [0.25, 0.3) is 0 Å². The van der Waals surface area contributed by atoms with E-state index in [1.165, 1.54) is 6.07 Å². The average molecular weight is 418 g/mol. The van der Waals surface area contributed by atoms with Gasteiger partial charge in [-0.1, -0.05) is 22.0 Å². The first-order valence-electron chi connectivity index (χ1n) is 6.29. The molecule has 0 radical (unpaired) electrons. The third kappa shape index (κ3) is 3.40. The highest BCUT2D eigenvalue weighted by Crippen LogP contribution is 2.39. The third-order valence-electron chi connectivity index (χ3n) is 3.28. The molecule has 1 unspecified atom stereocenters. The van der Waals surface area contributed by atoms with E-state index in [9.17, 15) is 4.39 Å². The maximum atomic E-state index is 13.7. The summed E-state index contributed by atoms with van der Waals surface area (Å²) < 4.78 is 24.8. The molecule has 0 aromatic heterocycles. The van der Waals surface area contributed by atoms with Gasteiger partial charge in [0.2, 0.25) is 0 Å². The van der Waals surface area contributed by atoms with Crippen molar-refractivity contribution in [3.8, 4) is 11.5 Å². The zero-order chi connectivity index (χ0) is 15.6. The van der Waals surface area contributed by atoms with Crippen LogP contribution in [0.4, 0.5) is 4.39 Å². The Kier molecular flexibility index (Phi) is 5.27. The van der Waals surface area contributed by atoms with E-state index in [1.807, 2.05) is 25.1 Å². The largest absolute Gasteiger partial charge is 0.493 e. The Morgan fingerprint density at radius 2 is 1.67 bits per heavy atom. The van der Waals surface area contributed by atoms with E-state index in [4.69, 9.17) is 9.47 Å². The normalized spacial score (nSPS) is 12.1. The van der Waals surface area contributed by atoms with Crippen molar-refractivity contribution in [1.29, 1.82) is 0 Å². The summed E-state index contributed by atoms with van der Waals surface area (Å²) in [5.74, 6) is 1.05. The van der Waals surface area contributed by atoms with Gasteiger partial charge in [-0.15, -0.1) is 0 Å². The Morgan fingerprint density at radius 3 is 2.24 bits per heavy atom. The summed E-state index contributed by atoms with van der Waals surface area (Å²) >= 11 is 6.80. The zero-order valence-electron chi connectivity index (χ0n) is 11.9. The maximum Gasteiger partial charge on any atom is 0.161 e. The van der Waals surface area contributed by atoms with Crippen molar-refractivity contribution >= 4 is 31.9 Å². The van der Waals surface area contributed by atoms with Gasteiger partial charge in [0.15, 0.2) is 11.5 Å². The summed E-state index contributed by atoms with van der Waals surface area (Å²) in [5.41, 5.74) is 2.89. The Balaban J connectivity index is 2.47. The van der Waals surface area contributed by atoms with Gasteiger partial charge in [-0.2, -0.15) is 0 Å². The van der Waals surface area contributed by atoms with Crippen LogP contribution >= 0.6 is 31.9 Å². The van der Waals surface area contributed by atoms with Gasteiger partial charge >= 0.3 is 0 Å². The molecule has 0 aliphatic carbocycles. The molecule has 0 aliphatic heterocycles. The summed E-state index contributed by atoms with van der Waals surface area (Å²) in [5, 5.41) is 0. The minimum Gasteiger partial charge on any atom is -0.493 e. The van der Waals surface area contributed by atoms with E-state index < -0.39 is 0 Å². The lowest BCUT2D eigenvalue weighted by molar-refractivity contribution is 0.354. The van der Waals surface area contributed by atoms with Crippen molar-refractivity contribution in [2.45, 2.75) is 11.8 Å². The molecular formula is C16H15Br2FO2. The number of hydrogen-bond donors (Lipinski definition) is 0. The highest BCUT2D eigenvalue weighted by molar-refractivity contribution is 9.10. The fourth-order valence-electron chi connectivity index (χ4n) is 2.12. The lowest BCUT2D eigenvalue weighted by atomic mass is 9.99. The topological polar surface area (TPSA) is 18.5 Å². The van der Waals surface area contributed by atoms with Crippen molar-refractivity contribution in [3.63, 3.8) is 0 Å². The van der Waals surface area contributed by atoms with E-state index in [-0.39, 0.29) is 10.6 Å². The zero-order valence-corrected chi connectivity index (χ0v) is 15.1. The van der Waals surface area contributed by atoms with Crippen LogP contribution in [-0.2, 0) is 0 Å². The Bertz CT molecular complexity index is 659. The number of methoxy groups -OCH3 is 2. The Morgan fingerprint density at radius 1 is 1.05 bits per heavy atom. The summed E-state index contributed by atoms with van der Waals surface area (Å²) in [6, 6.07) is 8.92. The summed E-state index contributed by atoms with van der Waals surface area (Å²) in [7, 11) is 3.20. The van der Waals surface area contributed by atoms with E-state index >= 15 is 0 Å². The van der Waals surface area contributed by atoms with E-state index in [0.717, 1.165) is 16.7 Å². The second-order valence-electron chi connectivity index (χ2n) is 4.60. The van der Waals surface area contributed by atoms with Crippen molar-refractivity contribution in [1.82, 2.24) is 0 Å². The Hall–Kier alpha value is -1.07. The standard InChI is InChI=1S/C16H15Br2FO2/c1-9-6-14(20-2)15(21-3)8-11(9)16(18)10-4-5-12(17)13(19)7-10/h4-8,16H,1-3H3. The van der Waals surface area contributed by atoms with Gasteiger partial charge in [0, 0.05) is 0 Å². The molecule has 2 aromatic rings. The van der Waals surface area contributed by atoms with Crippen LogP contribution in [-0.4, -0.2) is 14.2 Å². The number of aryl methyl sites for hydroxylation is 1. The van der Waals surface area contributed by atoms with Crippen LogP contribution in [0, 0.1) is 12.7 Å². The van der Waals surface area contributed by atoms with Gasteiger partial charge < -0.3 is 9.47 Å². The molecule has 0 saturated heterocycles. The lowest BCUT2D eigenvalue weighted by Gasteiger charge is -2.17. The number of rotatable bonds is 4. The van der Waals surface area contributed by atoms with Crippen LogP contribution in [0.15, 0.2) is 34.8 Å². The molecule has 0 heterocycles. The van der Waals surface area contributed by atoms with Crippen LogP contribution in [0.3, 0.4) is 0 Å². The van der Waals surface area contributed by atoms with Crippen molar-refractivity contribution in [3.05, 3.63) is 57.3 Å². The third-order valence-corrected chi connectivity index (χ3v) is 4.95. The molecule has 0 aliphatic rings. The molecule has 21 heavy (non-hydrogen) atoms. The monoisotopic (exact) mass is 416 g/mol. The van der Waals surface area contributed by atoms with Gasteiger partial charge in [0.1, 0.15) is 5.82 Å². The smallest absolute Gasteiger partial charge is 0.161 e. The van der Waals surface area contributed by atoms with Gasteiger partial charge in [0.05, 0.1) is 23.5 Å². The number of halogens is 3. The second-order valence-corrected chi connectivity index (χ2v) is 6.37. The highest BCUT2D eigenvalue weighted by Gasteiger charge is 2.17. The predicted molar refractivity (Wildman–Crippen MR) is 89.2 cm³/mol. The Labute approximate surface area is 140 Å². The molecule has 112 valence electrons. The molecule has 2 aromatic carbocycles. The number of ether oxygens (including phenoxy) is 2. The van der Waals surface area contributed by atoms with E-state index in [1.54, 1.807) is 20.3 Å². The highest BCUT2D eigenvalue weighted by atomic mass is 79.9. The number of alkyl halides is 1. The molecular weight excluding hydrogens is 403 g/mol. The van der Waals surface area contributed by atoms with Crippen LogP contribution in [0.5, 0.6) is 11.5 Å². The SMILES string of the molecule is COc1cc(C)c(C(Br)c2ccc(Br)c(F)c2)cc1OC. The molecule has 0 amide bonds.